The van der Waals surface area contributed by atoms with Crippen LogP contribution in [0.4, 0.5) is 4.39 Å². The highest BCUT2D eigenvalue weighted by molar-refractivity contribution is 5.96. The molecule has 3 aromatic rings. The van der Waals surface area contributed by atoms with Crippen LogP contribution < -0.4 is 10.1 Å². The summed E-state index contributed by atoms with van der Waals surface area (Å²) >= 11 is 0. The number of ether oxygens (including phenoxy) is 1. The monoisotopic (exact) mass is 409 g/mol. The lowest BCUT2D eigenvalue weighted by Gasteiger charge is -2.28. The van der Waals surface area contributed by atoms with Crippen molar-refractivity contribution in [2.75, 3.05) is 7.11 Å². The second kappa shape index (κ2) is 8.75. The number of carbonyl (C=O) groups is 1. The minimum absolute atomic E-state index is 0.140. The highest BCUT2D eigenvalue weighted by Crippen LogP contribution is 2.25. The Kier molecular flexibility index (Phi) is 5.90. The molecule has 1 aromatic carbocycles. The van der Waals surface area contributed by atoms with Crippen LogP contribution in [0.1, 0.15) is 47.3 Å². The Morgan fingerprint density at radius 2 is 2.10 bits per heavy atom. The molecule has 0 spiro atoms. The summed E-state index contributed by atoms with van der Waals surface area (Å²) in [6.45, 7) is 0. The summed E-state index contributed by atoms with van der Waals surface area (Å²) in [5.74, 6) is -0.394. The van der Waals surface area contributed by atoms with Gasteiger partial charge in [0.25, 0.3) is 5.91 Å². The van der Waals surface area contributed by atoms with Crippen LogP contribution in [0.25, 0.3) is 10.9 Å². The number of hydrogen-bond donors (Lipinski definition) is 2. The molecule has 1 fully saturated rings. The number of aliphatic hydroxyl groups is 1. The molecule has 2 aromatic heterocycles. The lowest BCUT2D eigenvalue weighted by atomic mass is 9.92. The number of aromatic nitrogens is 2. The molecular weight excluding hydrogens is 385 g/mol. The zero-order valence-electron chi connectivity index (χ0n) is 16.8. The van der Waals surface area contributed by atoms with Crippen molar-refractivity contribution in [3.8, 4) is 5.88 Å². The topological polar surface area (TPSA) is 84.3 Å². The molecule has 0 aliphatic heterocycles. The maximum atomic E-state index is 14.5. The highest BCUT2D eigenvalue weighted by Gasteiger charge is 2.26. The molecule has 2 heterocycles. The average Bonchev–Trinajstić information content (AvgIpc) is 2.76. The van der Waals surface area contributed by atoms with Gasteiger partial charge in [-0.2, -0.15) is 0 Å². The van der Waals surface area contributed by atoms with Crippen molar-refractivity contribution >= 4 is 16.8 Å². The van der Waals surface area contributed by atoms with Gasteiger partial charge in [-0.1, -0.05) is 25.0 Å². The Labute approximate surface area is 174 Å². The number of nitrogens with zero attached hydrogens (tertiary/aromatic N) is 2. The normalized spacial score (nSPS) is 18.9. The van der Waals surface area contributed by atoms with E-state index in [9.17, 15) is 14.3 Å². The molecule has 156 valence electrons. The molecule has 1 aliphatic carbocycles. The van der Waals surface area contributed by atoms with E-state index >= 15 is 0 Å². The molecule has 2 N–H and O–H groups in total. The number of benzene rings is 1. The average molecular weight is 409 g/mol. The summed E-state index contributed by atoms with van der Waals surface area (Å²) in [4.78, 5) is 21.3. The predicted octanol–water partition coefficient (Wildman–Crippen LogP) is 3.40. The maximum absolute atomic E-state index is 14.5. The van der Waals surface area contributed by atoms with E-state index in [0.29, 0.717) is 24.1 Å². The van der Waals surface area contributed by atoms with E-state index in [1.165, 1.54) is 6.07 Å². The van der Waals surface area contributed by atoms with Crippen LogP contribution in [0.3, 0.4) is 0 Å². The van der Waals surface area contributed by atoms with Crippen molar-refractivity contribution < 1.29 is 19.0 Å². The minimum Gasteiger partial charge on any atom is -0.481 e. The third kappa shape index (κ3) is 4.26. The zero-order chi connectivity index (χ0) is 21.1. The lowest BCUT2D eigenvalue weighted by Crippen LogP contribution is -2.45. The first kappa shape index (κ1) is 20.2. The zero-order valence-corrected chi connectivity index (χ0v) is 16.8. The minimum atomic E-state index is -0.566. The number of hydrogen-bond acceptors (Lipinski definition) is 5. The summed E-state index contributed by atoms with van der Waals surface area (Å²) in [5, 5.41) is 13.7. The summed E-state index contributed by atoms with van der Waals surface area (Å²) in [6.07, 6.45) is 4.84. The fourth-order valence-corrected chi connectivity index (χ4v) is 3.96. The Bertz CT molecular complexity index is 1070. The van der Waals surface area contributed by atoms with Gasteiger partial charge in [0.1, 0.15) is 17.0 Å². The molecule has 0 unspecified atom stereocenters. The number of nitrogens with one attached hydrogen (secondary N) is 1. The molecule has 7 heteroatoms. The van der Waals surface area contributed by atoms with Crippen LogP contribution in [0.15, 0.2) is 42.6 Å². The van der Waals surface area contributed by atoms with Gasteiger partial charge in [0.05, 0.1) is 19.3 Å². The molecule has 30 heavy (non-hydrogen) atoms. The van der Waals surface area contributed by atoms with E-state index in [1.54, 1.807) is 31.5 Å². The molecule has 0 radical (unpaired) electrons. The standard InChI is InChI=1S/C23H24FN3O3/c1-30-21-12-14(9-10-25-21)11-15-13-19(26-22-16(15)5-4-6-17(22)24)23(29)27-18-7-2-3-8-20(18)28/h4-6,9-10,12-13,18,20,28H,2-3,7-8,11H2,1H3,(H,27,29)/t18-,20-/m0/s1. The van der Waals surface area contributed by atoms with Crippen LogP contribution in [0, 0.1) is 5.82 Å². The lowest BCUT2D eigenvalue weighted by molar-refractivity contribution is 0.0714. The first-order valence-electron chi connectivity index (χ1n) is 10.1. The number of rotatable bonds is 5. The van der Waals surface area contributed by atoms with Crippen LogP contribution >= 0.6 is 0 Å². The third-order valence-corrected chi connectivity index (χ3v) is 5.56. The van der Waals surface area contributed by atoms with Crippen molar-refractivity contribution in [1.29, 1.82) is 0 Å². The van der Waals surface area contributed by atoms with E-state index in [2.05, 4.69) is 15.3 Å². The first-order chi connectivity index (χ1) is 14.5. The Balaban J connectivity index is 1.70. The molecule has 2 atom stereocenters. The third-order valence-electron chi connectivity index (χ3n) is 5.56. The van der Waals surface area contributed by atoms with Gasteiger partial charge in [-0.05, 0) is 48.6 Å². The molecular formula is C23H24FN3O3. The number of amides is 1. The number of methoxy groups -OCH3 is 1. The second-order valence-corrected chi connectivity index (χ2v) is 7.62. The molecule has 0 bridgehead atoms. The SMILES string of the molecule is COc1cc(Cc2cc(C(=O)N[C@H]3CCCC[C@@H]3O)nc3c(F)cccc23)ccn1. The molecule has 1 saturated carbocycles. The van der Waals surface area contributed by atoms with Crippen molar-refractivity contribution in [3.05, 3.63) is 65.2 Å². The number of carbonyl (C=O) groups excluding carboxylic acids is 1. The van der Waals surface area contributed by atoms with E-state index in [4.69, 9.17) is 4.74 Å². The van der Waals surface area contributed by atoms with Crippen molar-refractivity contribution in [2.24, 2.45) is 0 Å². The van der Waals surface area contributed by atoms with Gasteiger partial charge >= 0.3 is 0 Å². The van der Waals surface area contributed by atoms with Gasteiger partial charge in [-0.15, -0.1) is 0 Å². The molecule has 6 nitrogen and oxygen atoms in total. The summed E-state index contributed by atoms with van der Waals surface area (Å²) < 4.78 is 19.7. The quantitative estimate of drug-likeness (QED) is 0.675. The summed E-state index contributed by atoms with van der Waals surface area (Å²) in [7, 11) is 1.55. The van der Waals surface area contributed by atoms with Crippen molar-refractivity contribution in [1.82, 2.24) is 15.3 Å². The van der Waals surface area contributed by atoms with Crippen LogP contribution in [0.5, 0.6) is 5.88 Å². The van der Waals surface area contributed by atoms with Gasteiger partial charge < -0.3 is 15.2 Å². The molecule has 1 amide bonds. The Morgan fingerprint density at radius 3 is 2.90 bits per heavy atom. The maximum Gasteiger partial charge on any atom is 0.270 e. The second-order valence-electron chi connectivity index (χ2n) is 7.62. The van der Waals surface area contributed by atoms with Crippen molar-refractivity contribution in [2.45, 2.75) is 44.2 Å². The molecule has 0 saturated heterocycles. The predicted molar refractivity (Wildman–Crippen MR) is 111 cm³/mol. The van der Waals surface area contributed by atoms with E-state index in [0.717, 1.165) is 30.4 Å². The Morgan fingerprint density at radius 1 is 1.27 bits per heavy atom. The van der Waals surface area contributed by atoms with Crippen molar-refractivity contribution in [3.63, 3.8) is 0 Å². The number of para-hydroxylation sites is 1. The van der Waals surface area contributed by atoms with Gasteiger partial charge in [0.15, 0.2) is 0 Å². The van der Waals surface area contributed by atoms with Crippen LogP contribution in [-0.4, -0.2) is 40.2 Å². The largest absolute Gasteiger partial charge is 0.481 e. The van der Waals surface area contributed by atoms with Gasteiger partial charge in [-0.25, -0.2) is 14.4 Å². The number of pyridine rings is 2. The molecule has 1 aliphatic rings. The fourth-order valence-electron chi connectivity index (χ4n) is 3.96. The fraction of sp³-hybridized carbons (Fsp3) is 0.348. The van der Waals surface area contributed by atoms with Gasteiger partial charge in [-0.3, -0.25) is 4.79 Å². The number of halogens is 1. The van der Waals surface area contributed by atoms with Crippen LogP contribution in [0.2, 0.25) is 0 Å². The highest BCUT2D eigenvalue weighted by atomic mass is 19.1. The molecule has 4 rings (SSSR count). The smallest absolute Gasteiger partial charge is 0.270 e. The van der Waals surface area contributed by atoms with E-state index < -0.39 is 17.8 Å². The summed E-state index contributed by atoms with van der Waals surface area (Å²) in [5.41, 5.74) is 2.00. The number of fused-ring (bicyclic) bond motifs is 1. The Hall–Kier alpha value is -3.06. The first-order valence-corrected chi connectivity index (χ1v) is 10.1. The van der Waals surface area contributed by atoms with E-state index in [1.807, 2.05) is 12.1 Å². The van der Waals surface area contributed by atoms with E-state index in [-0.39, 0.29) is 17.3 Å². The number of aliphatic hydroxyl groups excluding tert-OH is 1. The van der Waals surface area contributed by atoms with Gasteiger partial charge in [0.2, 0.25) is 5.88 Å². The van der Waals surface area contributed by atoms with Crippen LogP contribution in [-0.2, 0) is 6.42 Å². The summed E-state index contributed by atoms with van der Waals surface area (Å²) in [6, 6.07) is 9.81. The van der Waals surface area contributed by atoms with Gasteiger partial charge in [0, 0.05) is 17.6 Å².